The third kappa shape index (κ3) is 6.35. The van der Waals surface area contributed by atoms with Crippen LogP contribution < -0.4 is 4.74 Å². The van der Waals surface area contributed by atoms with Gasteiger partial charge in [0.15, 0.2) is 0 Å². The molecule has 31 heavy (non-hydrogen) atoms. The van der Waals surface area contributed by atoms with E-state index in [1.165, 1.54) is 38.5 Å². The maximum Gasteiger partial charge on any atom is 0.411 e. The number of likely N-dealkylation sites (tertiary alicyclic amines) is 1. The lowest BCUT2D eigenvalue weighted by molar-refractivity contribution is -0.147. The van der Waals surface area contributed by atoms with Crippen molar-refractivity contribution < 1.29 is 33.3 Å². The van der Waals surface area contributed by atoms with Crippen molar-refractivity contribution in [3.05, 3.63) is 23.4 Å². The summed E-state index contributed by atoms with van der Waals surface area (Å²) in [6.07, 6.45) is 1.71. The van der Waals surface area contributed by atoms with Crippen LogP contribution in [0.2, 0.25) is 0 Å². The predicted octanol–water partition coefficient (Wildman–Crippen LogP) is 2.42. The van der Waals surface area contributed by atoms with Crippen molar-refractivity contribution >= 4 is 18.0 Å². The van der Waals surface area contributed by atoms with Crippen molar-refractivity contribution in [1.29, 1.82) is 0 Å². The monoisotopic (exact) mass is 432 g/mol. The van der Waals surface area contributed by atoms with Crippen LogP contribution in [0.5, 0.6) is 5.88 Å². The van der Waals surface area contributed by atoms with Crippen LogP contribution in [-0.4, -0.2) is 67.4 Å². The molecule has 0 N–H and O–H groups in total. The number of methoxy groups -OCH3 is 3. The number of amides is 1. The second-order valence-corrected chi connectivity index (χ2v) is 7.98. The molecule has 1 aromatic rings. The Bertz CT molecular complexity index is 895. The van der Waals surface area contributed by atoms with Crippen LogP contribution in [0.4, 0.5) is 4.79 Å². The van der Waals surface area contributed by atoms with Crippen molar-refractivity contribution in [2.45, 2.75) is 45.3 Å². The average Bonchev–Trinajstić information content (AvgIpc) is 2.74. The Morgan fingerprint density at radius 2 is 1.84 bits per heavy atom. The summed E-state index contributed by atoms with van der Waals surface area (Å²) in [5, 5.41) is 0. The van der Waals surface area contributed by atoms with Crippen LogP contribution in [0, 0.1) is 17.8 Å². The summed E-state index contributed by atoms with van der Waals surface area (Å²) < 4.78 is 20.2. The molecule has 2 unspecified atom stereocenters. The lowest BCUT2D eigenvalue weighted by Gasteiger charge is -2.37. The number of hydrogen-bond acceptors (Lipinski definition) is 8. The zero-order valence-corrected chi connectivity index (χ0v) is 18.7. The lowest BCUT2D eigenvalue weighted by Crippen LogP contribution is -2.50. The van der Waals surface area contributed by atoms with Crippen LogP contribution in [0.3, 0.4) is 0 Å². The Hall–Kier alpha value is -3.28. The molecule has 168 valence electrons. The van der Waals surface area contributed by atoms with Crippen LogP contribution >= 0.6 is 0 Å². The van der Waals surface area contributed by atoms with Crippen LogP contribution in [0.15, 0.2) is 12.3 Å². The van der Waals surface area contributed by atoms with E-state index in [1.54, 1.807) is 20.8 Å². The maximum atomic E-state index is 12.8. The second kappa shape index (κ2) is 10.2. The highest BCUT2D eigenvalue weighted by Crippen LogP contribution is 2.25. The standard InChI is InChI=1S/C22H28N2O7/c1-22(2,3)31-21(27)24-13-15(19(25)29-5)8-10-16(24)9-7-14-11-18(28-4)23-12-17(14)20(26)30-6/h11-12,15-16H,8,10,13H2,1-6H3. The predicted molar refractivity (Wildman–Crippen MR) is 110 cm³/mol. The van der Waals surface area contributed by atoms with E-state index in [2.05, 4.69) is 16.8 Å². The van der Waals surface area contributed by atoms with Crippen LogP contribution in [0.25, 0.3) is 0 Å². The summed E-state index contributed by atoms with van der Waals surface area (Å²) in [6.45, 7) is 5.42. The molecule has 1 aliphatic heterocycles. The third-order valence-corrected chi connectivity index (χ3v) is 4.61. The molecule has 1 saturated heterocycles. The van der Waals surface area contributed by atoms with E-state index >= 15 is 0 Å². The zero-order chi connectivity index (χ0) is 23.2. The average molecular weight is 432 g/mol. The first-order chi connectivity index (χ1) is 14.6. The molecule has 0 bridgehead atoms. The van der Waals surface area contributed by atoms with E-state index in [0.717, 1.165) is 0 Å². The molecule has 0 aromatic carbocycles. The van der Waals surface area contributed by atoms with Crippen LogP contribution in [0.1, 0.15) is 49.5 Å². The number of hydrogen-bond donors (Lipinski definition) is 0. The van der Waals surface area contributed by atoms with Gasteiger partial charge < -0.3 is 18.9 Å². The number of rotatable bonds is 3. The normalized spacial score (nSPS) is 18.3. The van der Waals surface area contributed by atoms with E-state index in [9.17, 15) is 14.4 Å². The fourth-order valence-corrected chi connectivity index (χ4v) is 3.09. The molecule has 0 radical (unpaired) electrons. The quantitative estimate of drug-likeness (QED) is 0.407. The SMILES string of the molecule is COC(=O)c1cnc(OC)cc1C#CC1CCC(C(=O)OC)CN1C(=O)OC(C)(C)C. The molecule has 2 rings (SSSR count). The largest absolute Gasteiger partial charge is 0.481 e. The first-order valence-electron chi connectivity index (χ1n) is 9.81. The van der Waals surface area contributed by atoms with Crippen molar-refractivity contribution in [2.75, 3.05) is 27.9 Å². The van der Waals surface area contributed by atoms with Gasteiger partial charge in [0.2, 0.25) is 5.88 Å². The van der Waals surface area contributed by atoms with E-state index in [4.69, 9.17) is 18.9 Å². The molecule has 9 heteroatoms. The second-order valence-electron chi connectivity index (χ2n) is 7.98. The summed E-state index contributed by atoms with van der Waals surface area (Å²) in [6, 6.07) is 1.01. The Kier molecular flexibility index (Phi) is 7.86. The Balaban J connectivity index is 2.38. The fraction of sp³-hybridized carbons (Fsp3) is 0.545. The molecule has 1 aromatic heterocycles. The van der Waals surface area contributed by atoms with Gasteiger partial charge in [-0.15, -0.1) is 0 Å². The number of carbonyl (C=O) groups is 3. The molecule has 2 heterocycles. The first kappa shape index (κ1) is 24.0. The maximum absolute atomic E-state index is 12.8. The van der Waals surface area contributed by atoms with Crippen molar-refractivity contribution in [2.24, 2.45) is 5.92 Å². The summed E-state index contributed by atoms with van der Waals surface area (Å²) in [5.74, 6) is 4.84. The fourth-order valence-electron chi connectivity index (χ4n) is 3.09. The molecule has 1 amide bonds. The van der Waals surface area contributed by atoms with E-state index < -0.39 is 29.6 Å². The van der Waals surface area contributed by atoms with Gasteiger partial charge in [-0.3, -0.25) is 9.69 Å². The van der Waals surface area contributed by atoms with Gasteiger partial charge >= 0.3 is 18.0 Å². The molecule has 1 aliphatic rings. The molecular formula is C22H28N2O7. The smallest absolute Gasteiger partial charge is 0.411 e. The van der Waals surface area contributed by atoms with E-state index in [0.29, 0.717) is 18.4 Å². The number of piperidine rings is 1. The van der Waals surface area contributed by atoms with Crippen molar-refractivity contribution in [3.8, 4) is 17.7 Å². The minimum Gasteiger partial charge on any atom is -0.481 e. The summed E-state index contributed by atoms with van der Waals surface area (Å²) in [5.41, 5.74) is -0.162. The van der Waals surface area contributed by atoms with Gasteiger partial charge in [-0.2, -0.15) is 0 Å². The third-order valence-electron chi connectivity index (χ3n) is 4.61. The summed E-state index contributed by atoms with van der Waals surface area (Å²) in [7, 11) is 4.04. The van der Waals surface area contributed by atoms with Gasteiger partial charge in [0.05, 0.1) is 38.9 Å². The molecule has 0 spiro atoms. The number of esters is 2. The van der Waals surface area contributed by atoms with Crippen molar-refractivity contribution in [3.63, 3.8) is 0 Å². The van der Waals surface area contributed by atoms with Gasteiger partial charge in [0.1, 0.15) is 5.60 Å². The van der Waals surface area contributed by atoms with Crippen molar-refractivity contribution in [1.82, 2.24) is 9.88 Å². The minimum atomic E-state index is -0.705. The number of nitrogens with zero attached hydrogens (tertiary/aromatic N) is 2. The Labute approximate surface area is 182 Å². The lowest BCUT2D eigenvalue weighted by atomic mass is 9.93. The number of pyridine rings is 1. The van der Waals surface area contributed by atoms with Gasteiger partial charge in [0.25, 0.3) is 0 Å². The number of ether oxygens (including phenoxy) is 4. The molecule has 9 nitrogen and oxygen atoms in total. The topological polar surface area (TPSA) is 104 Å². The summed E-state index contributed by atoms with van der Waals surface area (Å²) in [4.78, 5) is 42.3. The summed E-state index contributed by atoms with van der Waals surface area (Å²) >= 11 is 0. The van der Waals surface area contributed by atoms with Crippen LogP contribution in [-0.2, 0) is 19.0 Å². The Morgan fingerprint density at radius 1 is 1.13 bits per heavy atom. The van der Waals surface area contributed by atoms with E-state index in [-0.39, 0.29) is 24.0 Å². The van der Waals surface area contributed by atoms with Gasteiger partial charge in [0, 0.05) is 24.4 Å². The van der Waals surface area contributed by atoms with E-state index in [1.807, 2.05) is 0 Å². The number of carbonyl (C=O) groups excluding carboxylic acids is 3. The molecule has 0 aliphatic carbocycles. The highest BCUT2D eigenvalue weighted by atomic mass is 16.6. The first-order valence-corrected chi connectivity index (χ1v) is 9.81. The minimum absolute atomic E-state index is 0.129. The van der Waals surface area contributed by atoms with Gasteiger partial charge in [-0.1, -0.05) is 11.8 Å². The number of aromatic nitrogens is 1. The highest BCUT2D eigenvalue weighted by Gasteiger charge is 2.36. The highest BCUT2D eigenvalue weighted by molar-refractivity contribution is 5.92. The zero-order valence-electron chi connectivity index (χ0n) is 18.7. The van der Waals surface area contributed by atoms with Gasteiger partial charge in [-0.25, -0.2) is 14.6 Å². The van der Waals surface area contributed by atoms with Gasteiger partial charge in [-0.05, 0) is 33.6 Å². The Morgan fingerprint density at radius 3 is 2.42 bits per heavy atom. The molecule has 2 atom stereocenters. The molecule has 0 saturated carbocycles. The molecular weight excluding hydrogens is 404 g/mol. The molecule has 1 fully saturated rings.